The zero-order valence-corrected chi connectivity index (χ0v) is 14.1. The van der Waals surface area contributed by atoms with Crippen LogP contribution in [0.15, 0.2) is 72.9 Å². The zero-order chi connectivity index (χ0) is 17.1. The van der Waals surface area contributed by atoms with Gasteiger partial charge in [0, 0.05) is 18.1 Å². The Kier molecular flexibility index (Phi) is 4.27. The first-order valence-corrected chi connectivity index (χ1v) is 8.44. The molecule has 2 heterocycles. The summed E-state index contributed by atoms with van der Waals surface area (Å²) >= 11 is 0. The summed E-state index contributed by atoms with van der Waals surface area (Å²) in [5.41, 5.74) is 5.47. The molecule has 0 spiro atoms. The van der Waals surface area contributed by atoms with Gasteiger partial charge in [0.05, 0.1) is 11.7 Å². The number of nitrogens with one attached hydrogen (secondary N) is 2. The maximum Gasteiger partial charge on any atom is 0.155 e. The third kappa shape index (κ3) is 3.30. The topological polar surface area (TPSA) is 53.6 Å². The molecule has 0 aliphatic carbocycles. The predicted octanol–water partition coefficient (Wildman–Crippen LogP) is 4.15. The Morgan fingerprint density at radius 3 is 2.24 bits per heavy atom. The van der Waals surface area contributed by atoms with Crippen molar-refractivity contribution in [3.63, 3.8) is 0 Å². The van der Waals surface area contributed by atoms with Gasteiger partial charge in [-0.3, -0.25) is 5.10 Å². The van der Waals surface area contributed by atoms with Gasteiger partial charge >= 0.3 is 0 Å². The van der Waals surface area contributed by atoms with E-state index in [2.05, 4.69) is 75.1 Å². The molecule has 4 heteroatoms. The number of hydrogen-bond acceptors (Lipinski definition) is 3. The first kappa shape index (κ1) is 15.5. The zero-order valence-electron chi connectivity index (χ0n) is 14.1. The molecule has 0 unspecified atom stereocenters. The lowest BCUT2D eigenvalue weighted by Crippen LogP contribution is -2.22. The second kappa shape index (κ2) is 6.87. The fourth-order valence-corrected chi connectivity index (χ4v) is 3.11. The second-order valence-corrected chi connectivity index (χ2v) is 6.18. The molecule has 4 aromatic rings. The molecule has 0 saturated heterocycles. The van der Waals surface area contributed by atoms with Gasteiger partial charge in [0.25, 0.3) is 0 Å². The van der Waals surface area contributed by atoms with Crippen molar-refractivity contribution in [3.8, 4) is 0 Å². The van der Waals surface area contributed by atoms with Crippen LogP contribution < -0.4 is 5.32 Å². The molecular formula is C21H20N4. The first-order valence-electron chi connectivity index (χ1n) is 8.44. The van der Waals surface area contributed by atoms with Crippen LogP contribution in [0.2, 0.25) is 0 Å². The van der Waals surface area contributed by atoms with Gasteiger partial charge in [-0.15, -0.1) is 0 Å². The molecular weight excluding hydrogens is 308 g/mol. The van der Waals surface area contributed by atoms with Gasteiger partial charge in [-0.1, -0.05) is 60.7 Å². The van der Waals surface area contributed by atoms with E-state index in [1.165, 1.54) is 11.1 Å². The van der Waals surface area contributed by atoms with Crippen molar-refractivity contribution in [2.45, 2.75) is 19.5 Å². The van der Waals surface area contributed by atoms with Crippen molar-refractivity contribution in [1.82, 2.24) is 20.5 Å². The molecule has 0 amide bonds. The number of aryl methyl sites for hydroxylation is 1. The van der Waals surface area contributed by atoms with E-state index in [4.69, 9.17) is 0 Å². The van der Waals surface area contributed by atoms with E-state index in [-0.39, 0.29) is 6.04 Å². The molecule has 2 aromatic carbocycles. The van der Waals surface area contributed by atoms with Gasteiger partial charge in [-0.2, -0.15) is 5.10 Å². The molecule has 25 heavy (non-hydrogen) atoms. The third-order valence-corrected chi connectivity index (χ3v) is 4.44. The maximum absolute atomic E-state index is 4.47. The molecule has 124 valence electrons. The normalized spacial score (nSPS) is 11.3. The number of nitrogens with zero attached hydrogens (tertiary/aromatic N) is 2. The number of fused-ring (bicyclic) bond motifs is 1. The van der Waals surface area contributed by atoms with Crippen LogP contribution in [0.5, 0.6) is 0 Å². The summed E-state index contributed by atoms with van der Waals surface area (Å²) in [5, 5.41) is 11.9. The quantitative estimate of drug-likeness (QED) is 0.579. The summed E-state index contributed by atoms with van der Waals surface area (Å²) in [6.07, 6.45) is 1.90. The van der Waals surface area contributed by atoms with Crippen molar-refractivity contribution in [2.75, 3.05) is 0 Å². The lowest BCUT2D eigenvalue weighted by atomic mass is 9.98. The molecule has 4 rings (SSSR count). The van der Waals surface area contributed by atoms with Crippen molar-refractivity contribution in [3.05, 3.63) is 95.3 Å². The van der Waals surface area contributed by atoms with Gasteiger partial charge in [-0.25, -0.2) is 4.98 Å². The maximum atomic E-state index is 4.47. The smallest absolute Gasteiger partial charge is 0.155 e. The molecule has 0 atom stereocenters. The van der Waals surface area contributed by atoms with E-state index in [1.807, 2.05) is 25.3 Å². The standard InChI is InChI=1S/C21H20N4/c1-15-19-12-16(14-23-21(19)25-24-15)13-22-20(17-8-4-2-5-9-17)18-10-6-3-7-11-18/h2-12,14,20,22H,13H2,1H3,(H,23,24,25). The van der Waals surface area contributed by atoms with Crippen LogP contribution in [0.4, 0.5) is 0 Å². The Labute approximate surface area is 146 Å². The molecule has 0 radical (unpaired) electrons. The summed E-state index contributed by atoms with van der Waals surface area (Å²) in [7, 11) is 0. The molecule has 2 aromatic heterocycles. The van der Waals surface area contributed by atoms with E-state index in [9.17, 15) is 0 Å². The molecule has 0 aliphatic rings. The van der Waals surface area contributed by atoms with Gasteiger partial charge < -0.3 is 5.32 Å². The van der Waals surface area contributed by atoms with Gasteiger partial charge in [-0.05, 0) is 29.7 Å². The SMILES string of the molecule is Cc1n[nH]c2ncc(CNC(c3ccccc3)c3ccccc3)cc12. The lowest BCUT2D eigenvalue weighted by molar-refractivity contribution is 0.604. The van der Waals surface area contributed by atoms with E-state index in [0.717, 1.165) is 28.8 Å². The highest BCUT2D eigenvalue weighted by Crippen LogP contribution is 2.23. The summed E-state index contributed by atoms with van der Waals surface area (Å²) in [6.45, 7) is 2.73. The Balaban J connectivity index is 1.61. The number of H-pyrrole nitrogens is 1. The van der Waals surface area contributed by atoms with Crippen LogP contribution in [0.25, 0.3) is 11.0 Å². The van der Waals surface area contributed by atoms with Crippen molar-refractivity contribution in [2.24, 2.45) is 0 Å². The van der Waals surface area contributed by atoms with E-state index < -0.39 is 0 Å². The highest BCUT2D eigenvalue weighted by atomic mass is 15.1. The fourth-order valence-electron chi connectivity index (χ4n) is 3.11. The van der Waals surface area contributed by atoms with E-state index in [0.29, 0.717) is 0 Å². The van der Waals surface area contributed by atoms with Crippen LogP contribution in [-0.4, -0.2) is 15.2 Å². The second-order valence-electron chi connectivity index (χ2n) is 6.18. The highest BCUT2D eigenvalue weighted by Gasteiger charge is 2.13. The van der Waals surface area contributed by atoms with Crippen LogP contribution in [0.3, 0.4) is 0 Å². The summed E-state index contributed by atoms with van der Waals surface area (Å²) in [5.74, 6) is 0. The molecule has 0 aliphatic heterocycles. The number of aromatic amines is 1. The van der Waals surface area contributed by atoms with Crippen molar-refractivity contribution < 1.29 is 0 Å². The average Bonchev–Trinajstić information content (AvgIpc) is 3.04. The number of aromatic nitrogens is 3. The van der Waals surface area contributed by atoms with Crippen LogP contribution in [-0.2, 0) is 6.54 Å². The number of rotatable bonds is 5. The van der Waals surface area contributed by atoms with Gasteiger partial charge in [0.15, 0.2) is 5.65 Å². The average molecular weight is 328 g/mol. The largest absolute Gasteiger partial charge is 0.302 e. The first-order chi connectivity index (χ1) is 12.3. The van der Waals surface area contributed by atoms with E-state index in [1.54, 1.807) is 0 Å². The lowest BCUT2D eigenvalue weighted by Gasteiger charge is -2.20. The Morgan fingerprint density at radius 1 is 0.960 bits per heavy atom. The summed E-state index contributed by atoms with van der Waals surface area (Å²) in [6, 6.07) is 23.3. The summed E-state index contributed by atoms with van der Waals surface area (Å²) in [4.78, 5) is 4.47. The predicted molar refractivity (Wildman–Crippen MR) is 100 cm³/mol. The molecule has 0 bridgehead atoms. The number of pyridine rings is 1. The molecule has 4 nitrogen and oxygen atoms in total. The Hall–Kier alpha value is -2.98. The summed E-state index contributed by atoms with van der Waals surface area (Å²) < 4.78 is 0. The Morgan fingerprint density at radius 2 is 1.60 bits per heavy atom. The van der Waals surface area contributed by atoms with E-state index >= 15 is 0 Å². The van der Waals surface area contributed by atoms with Gasteiger partial charge in [0.1, 0.15) is 0 Å². The minimum Gasteiger partial charge on any atom is -0.302 e. The van der Waals surface area contributed by atoms with Crippen molar-refractivity contribution in [1.29, 1.82) is 0 Å². The number of hydrogen-bond donors (Lipinski definition) is 2. The molecule has 0 saturated carbocycles. The van der Waals surface area contributed by atoms with Crippen molar-refractivity contribution >= 4 is 11.0 Å². The van der Waals surface area contributed by atoms with Crippen LogP contribution >= 0.6 is 0 Å². The third-order valence-electron chi connectivity index (χ3n) is 4.44. The van der Waals surface area contributed by atoms with Crippen LogP contribution in [0, 0.1) is 6.92 Å². The van der Waals surface area contributed by atoms with Gasteiger partial charge in [0.2, 0.25) is 0 Å². The van der Waals surface area contributed by atoms with Crippen LogP contribution in [0.1, 0.15) is 28.4 Å². The highest BCUT2D eigenvalue weighted by molar-refractivity contribution is 5.77. The monoisotopic (exact) mass is 328 g/mol. The Bertz CT molecular complexity index is 922. The number of benzene rings is 2. The minimum atomic E-state index is 0.142. The fraction of sp³-hybridized carbons (Fsp3) is 0.143. The molecule has 0 fully saturated rings. The molecule has 2 N–H and O–H groups in total. The minimum absolute atomic E-state index is 0.142.